The van der Waals surface area contributed by atoms with Crippen molar-refractivity contribution in [3.8, 4) is 0 Å². The molecule has 0 radical (unpaired) electrons. The van der Waals surface area contributed by atoms with Gasteiger partial charge in [-0.3, -0.25) is 0 Å². The minimum absolute atomic E-state index is 0.172. The van der Waals surface area contributed by atoms with Crippen LogP contribution in [-0.2, 0) is 10.3 Å². The second kappa shape index (κ2) is 5.39. The zero-order valence-corrected chi connectivity index (χ0v) is 12.0. The average Bonchev–Trinajstić information content (AvgIpc) is 2.80. The summed E-state index contributed by atoms with van der Waals surface area (Å²) in [5.74, 6) is 0.172. The van der Waals surface area contributed by atoms with Gasteiger partial charge in [-0.1, -0.05) is 25.1 Å². The monoisotopic (exact) mass is 264 g/mol. The first-order valence-corrected chi connectivity index (χ1v) is 7.07. The molecule has 18 heavy (non-hydrogen) atoms. The highest BCUT2D eigenvalue weighted by molar-refractivity contribution is 7.19. The fourth-order valence-electron chi connectivity index (χ4n) is 2.05. The summed E-state index contributed by atoms with van der Waals surface area (Å²) in [4.78, 5) is 1.03. The molecule has 0 spiro atoms. The molecule has 2 rings (SSSR count). The molecule has 0 aliphatic heterocycles. The molecule has 2 aromatic rings. The first kappa shape index (κ1) is 13.5. The molecule has 1 aromatic carbocycles. The fraction of sp³-hybridized carbons (Fsp3) is 0.467. The Morgan fingerprint density at radius 1 is 1.39 bits per heavy atom. The van der Waals surface area contributed by atoms with Crippen LogP contribution in [0.2, 0.25) is 0 Å². The number of ether oxygens (including phenoxy) is 1. The predicted molar refractivity (Wildman–Crippen MR) is 77.1 cm³/mol. The van der Waals surface area contributed by atoms with Gasteiger partial charge in [0.2, 0.25) is 0 Å². The quantitative estimate of drug-likeness (QED) is 0.890. The van der Waals surface area contributed by atoms with Gasteiger partial charge in [0, 0.05) is 23.3 Å². The first-order valence-electron chi connectivity index (χ1n) is 6.26. The number of rotatable bonds is 5. The summed E-state index contributed by atoms with van der Waals surface area (Å²) >= 11 is 1.68. The van der Waals surface area contributed by atoms with Crippen LogP contribution in [0.4, 0.5) is 0 Å². The molecule has 2 unspecified atom stereocenters. The van der Waals surface area contributed by atoms with Gasteiger partial charge < -0.3 is 9.84 Å². The maximum Gasteiger partial charge on any atom is 0.0986 e. The normalized spacial score (nSPS) is 16.7. The lowest BCUT2D eigenvalue weighted by Gasteiger charge is -2.29. The molecule has 1 aromatic heterocycles. The molecule has 0 amide bonds. The molecular weight excluding hydrogens is 244 g/mol. The van der Waals surface area contributed by atoms with Crippen molar-refractivity contribution in [2.24, 2.45) is 5.92 Å². The summed E-state index contributed by atoms with van der Waals surface area (Å²) in [6.45, 7) is 4.66. The van der Waals surface area contributed by atoms with Gasteiger partial charge in [-0.05, 0) is 36.8 Å². The lowest BCUT2D eigenvalue weighted by Crippen LogP contribution is -2.29. The number of fused-ring (bicyclic) bond motifs is 1. The summed E-state index contributed by atoms with van der Waals surface area (Å²) in [5, 5.41) is 11.9. The summed E-state index contributed by atoms with van der Waals surface area (Å²) in [7, 11) is 1.70. The van der Waals surface area contributed by atoms with Crippen molar-refractivity contribution in [1.82, 2.24) is 0 Å². The molecular formula is C15H20O2S. The van der Waals surface area contributed by atoms with E-state index in [2.05, 4.69) is 25.1 Å². The molecule has 1 N–H and O–H groups in total. The zero-order chi connectivity index (χ0) is 13.2. The van der Waals surface area contributed by atoms with E-state index in [1.165, 1.54) is 10.1 Å². The number of methoxy groups -OCH3 is 1. The molecule has 0 aliphatic carbocycles. The number of thiophene rings is 1. The molecule has 0 bridgehead atoms. The van der Waals surface area contributed by atoms with Crippen LogP contribution in [-0.4, -0.2) is 18.8 Å². The molecule has 2 nitrogen and oxygen atoms in total. The third-order valence-corrected chi connectivity index (χ3v) is 4.98. The van der Waals surface area contributed by atoms with Crippen molar-refractivity contribution in [3.63, 3.8) is 0 Å². The van der Waals surface area contributed by atoms with Gasteiger partial charge in [-0.2, -0.15) is 0 Å². The van der Waals surface area contributed by atoms with Crippen molar-refractivity contribution in [2.75, 3.05) is 13.7 Å². The number of hydrogen-bond donors (Lipinski definition) is 1. The van der Waals surface area contributed by atoms with Crippen LogP contribution in [0.5, 0.6) is 0 Å². The second-order valence-electron chi connectivity index (χ2n) is 4.98. The van der Waals surface area contributed by atoms with E-state index >= 15 is 0 Å². The second-order valence-corrected chi connectivity index (χ2v) is 6.06. The molecule has 3 heteroatoms. The lowest BCUT2D eigenvalue weighted by molar-refractivity contribution is -0.00739. The van der Waals surface area contributed by atoms with E-state index in [0.29, 0.717) is 6.61 Å². The van der Waals surface area contributed by atoms with Crippen molar-refractivity contribution in [1.29, 1.82) is 0 Å². The molecule has 1 heterocycles. The average molecular weight is 264 g/mol. The molecule has 98 valence electrons. The smallest absolute Gasteiger partial charge is 0.0986 e. The third-order valence-electron chi connectivity index (χ3n) is 3.64. The van der Waals surface area contributed by atoms with E-state index in [0.717, 1.165) is 11.3 Å². The van der Waals surface area contributed by atoms with E-state index in [1.807, 2.05) is 19.1 Å². The van der Waals surface area contributed by atoms with Gasteiger partial charge in [0.05, 0.1) is 5.60 Å². The van der Waals surface area contributed by atoms with Crippen molar-refractivity contribution < 1.29 is 9.84 Å². The molecule has 0 aliphatic rings. The third kappa shape index (κ3) is 2.58. The van der Waals surface area contributed by atoms with Crippen molar-refractivity contribution in [3.05, 3.63) is 35.2 Å². The zero-order valence-electron chi connectivity index (χ0n) is 11.1. The van der Waals surface area contributed by atoms with Gasteiger partial charge in [0.25, 0.3) is 0 Å². The number of hydrogen-bond acceptors (Lipinski definition) is 3. The van der Waals surface area contributed by atoms with Crippen LogP contribution < -0.4 is 0 Å². The maximum atomic E-state index is 10.7. The Bertz CT molecular complexity index is 483. The van der Waals surface area contributed by atoms with Crippen molar-refractivity contribution >= 4 is 21.4 Å². The summed E-state index contributed by atoms with van der Waals surface area (Å²) < 4.78 is 6.32. The first-order chi connectivity index (χ1) is 8.55. The van der Waals surface area contributed by atoms with Gasteiger partial charge in [-0.15, -0.1) is 11.3 Å². The van der Waals surface area contributed by atoms with E-state index in [-0.39, 0.29) is 5.92 Å². The van der Waals surface area contributed by atoms with Gasteiger partial charge in [0.1, 0.15) is 0 Å². The van der Waals surface area contributed by atoms with E-state index in [9.17, 15) is 5.11 Å². The summed E-state index contributed by atoms with van der Waals surface area (Å²) in [6.07, 6.45) is 0.859. The topological polar surface area (TPSA) is 29.5 Å². The summed E-state index contributed by atoms with van der Waals surface area (Å²) in [6, 6.07) is 10.3. The minimum Gasteiger partial charge on any atom is -0.385 e. The highest BCUT2D eigenvalue weighted by atomic mass is 32.1. The van der Waals surface area contributed by atoms with Crippen LogP contribution in [0, 0.1) is 5.92 Å². The Morgan fingerprint density at radius 2 is 2.11 bits per heavy atom. The SMILES string of the molecule is COCCC(C)C(C)(O)c1cc2ccccc2s1. The Kier molecular flexibility index (Phi) is 4.05. The van der Waals surface area contributed by atoms with Gasteiger partial charge >= 0.3 is 0 Å². The Balaban J connectivity index is 2.27. The van der Waals surface area contributed by atoms with Crippen LogP contribution in [0.15, 0.2) is 30.3 Å². The lowest BCUT2D eigenvalue weighted by atomic mass is 9.87. The highest BCUT2D eigenvalue weighted by Gasteiger charge is 2.31. The summed E-state index contributed by atoms with van der Waals surface area (Å²) in [5.41, 5.74) is -0.789. The van der Waals surface area contributed by atoms with E-state index in [1.54, 1.807) is 18.4 Å². The molecule has 2 atom stereocenters. The molecule has 0 saturated carbocycles. The van der Waals surface area contributed by atoms with Crippen LogP contribution in [0.3, 0.4) is 0 Å². The van der Waals surface area contributed by atoms with Gasteiger partial charge in [-0.25, -0.2) is 0 Å². The maximum absolute atomic E-state index is 10.7. The van der Waals surface area contributed by atoms with Crippen molar-refractivity contribution in [2.45, 2.75) is 25.9 Å². The largest absolute Gasteiger partial charge is 0.385 e. The molecule has 0 saturated heterocycles. The Hall–Kier alpha value is -0.900. The van der Waals surface area contributed by atoms with Crippen LogP contribution in [0.1, 0.15) is 25.1 Å². The minimum atomic E-state index is -0.789. The fourth-order valence-corrected chi connectivity index (χ4v) is 3.27. The number of benzene rings is 1. The van der Waals surface area contributed by atoms with E-state index in [4.69, 9.17) is 4.74 Å². The Labute approximate surface area is 112 Å². The molecule has 0 fully saturated rings. The predicted octanol–water partition coefficient (Wildman–Crippen LogP) is 3.78. The van der Waals surface area contributed by atoms with Crippen LogP contribution >= 0.6 is 11.3 Å². The highest BCUT2D eigenvalue weighted by Crippen LogP contribution is 2.38. The van der Waals surface area contributed by atoms with E-state index < -0.39 is 5.60 Å². The standard InChI is InChI=1S/C15H20O2S/c1-11(8-9-17-3)15(2,16)14-10-12-6-4-5-7-13(12)18-14/h4-7,10-11,16H,8-9H2,1-3H3. The van der Waals surface area contributed by atoms with Crippen LogP contribution in [0.25, 0.3) is 10.1 Å². The Morgan fingerprint density at radius 3 is 2.78 bits per heavy atom. The van der Waals surface area contributed by atoms with Gasteiger partial charge in [0.15, 0.2) is 0 Å². The number of aliphatic hydroxyl groups is 1.